The van der Waals surface area contributed by atoms with Crippen LogP contribution in [0.3, 0.4) is 0 Å². The fraction of sp³-hybridized carbons (Fsp3) is 0.0833. The minimum atomic E-state index is -0.479. The van der Waals surface area contributed by atoms with Gasteiger partial charge >= 0.3 is 0 Å². The molecule has 1 heterocycles. The molecule has 0 aliphatic heterocycles. The van der Waals surface area contributed by atoms with Gasteiger partial charge in [0.05, 0.1) is 16.0 Å². The summed E-state index contributed by atoms with van der Waals surface area (Å²) >= 11 is 8.99. The molecular formula is C12H8BrClFNO. The van der Waals surface area contributed by atoms with Gasteiger partial charge in [0.1, 0.15) is 5.82 Å². The van der Waals surface area contributed by atoms with E-state index in [4.69, 9.17) is 11.6 Å². The first-order valence-corrected chi connectivity index (χ1v) is 6.04. The van der Waals surface area contributed by atoms with Gasteiger partial charge in [-0.3, -0.25) is 4.79 Å². The zero-order chi connectivity index (χ0) is 12.4. The Hall–Kier alpha value is -1.13. The Kier molecular flexibility index (Phi) is 3.64. The molecule has 0 radical (unpaired) electrons. The van der Waals surface area contributed by atoms with E-state index in [0.29, 0.717) is 10.0 Å². The zero-order valence-corrected chi connectivity index (χ0v) is 11.0. The average molecular weight is 317 g/mol. The summed E-state index contributed by atoms with van der Waals surface area (Å²) in [6.45, 7) is 0.245. The average Bonchev–Trinajstić information content (AvgIpc) is 2.31. The first-order chi connectivity index (χ1) is 8.09. The quantitative estimate of drug-likeness (QED) is 0.832. The predicted octanol–water partition coefficient (Wildman–Crippen LogP) is 3.45. The molecule has 2 rings (SSSR count). The van der Waals surface area contributed by atoms with Crippen LogP contribution in [0, 0.1) is 5.82 Å². The van der Waals surface area contributed by atoms with Gasteiger partial charge in [0.25, 0.3) is 5.56 Å². The highest BCUT2D eigenvalue weighted by molar-refractivity contribution is 9.10. The summed E-state index contributed by atoms with van der Waals surface area (Å²) in [5.41, 5.74) is 0.402. The van der Waals surface area contributed by atoms with Crippen LogP contribution in [0.2, 0.25) is 5.02 Å². The van der Waals surface area contributed by atoms with Crippen molar-refractivity contribution in [1.29, 1.82) is 0 Å². The summed E-state index contributed by atoms with van der Waals surface area (Å²) in [5.74, 6) is -0.479. The number of hydrogen-bond acceptors (Lipinski definition) is 1. The third-order valence-corrected chi connectivity index (χ3v) is 3.37. The van der Waals surface area contributed by atoms with E-state index in [2.05, 4.69) is 15.9 Å². The highest BCUT2D eigenvalue weighted by Gasteiger charge is 2.07. The second-order valence-corrected chi connectivity index (χ2v) is 4.73. The monoisotopic (exact) mass is 315 g/mol. The second-order valence-electron chi connectivity index (χ2n) is 3.50. The van der Waals surface area contributed by atoms with Gasteiger partial charge in [-0.05, 0) is 39.7 Å². The molecule has 2 aromatic rings. The van der Waals surface area contributed by atoms with Crippen LogP contribution in [0.15, 0.2) is 45.8 Å². The van der Waals surface area contributed by atoms with Crippen LogP contribution >= 0.6 is 27.5 Å². The fourth-order valence-corrected chi connectivity index (χ4v) is 2.05. The second kappa shape index (κ2) is 5.02. The Morgan fingerprint density at radius 2 is 2.06 bits per heavy atom. The summed E-state index contributed by atoms with van der Waals surface area (Å²) in [4.78, 5) is 11.7. The van der Waals surface area contributed by atoms with Gasteiger partial charge in [-0.15, -0.1) is 0 Å². The van der Waals surface area contributed by atoms with Crippen molar-refractivity contribution in [3.8, 4) is 0 Å². The van der Waals surface area contributed by atoms with Crippen molar-refractivity contribution < 1.29 is 4.39 Å². The topological polar surface area (TPSA) is 22.0 Å². The van der Waals surface area contributed by atoms with Crippen LogP contribution < -0.4 is 5.56 Å². The number of aromatic nitrogens is 1. The molecular weight excluding hydrogens is 308 g/mol. The number of benzene rings is 1. The minimum absolute atomic E-state index is 0.0550. The smallest absolute Gasteiger partial charge is 0.265 e. The lowest BCUT2D eigenvalue weighted by molar-refractivity contribution is 0.623. The number of rotatable bonds is 2. The molecule has 0 saturated heterocycles. The molecule has 88 valence electrons. The number of halogens is 3. The molecule has 1 aromatic heterocycles. The summed E-state index contributed by atoms with van der Waals surface area (Å²) in [7, 11) is 0. The molecule has 0 aliphatic carbocycles. The van der Waals surface area contributed by atoms with E-state index in [1.807, 2.05) is 0 Å². The van der Waals surface area contributed by atoms with E-state index in [1.165, 1.54) is 10.6 Å². The van der Waals surface area contributed by atoms with Crippen molar-refractivity contribution in [3.63, 3.8) is 0 Å². The molecule has 5 heteroatoms. The molecule has 0 bridgehead atoms. The molecule has 0 N–H and O–H groups in total. The van der Waals surface area contributed by atoms with E-state index < -0.39 is 5.82 Å². The van der Waals surface area contributed by atoms with Crippen LogP contribution in [-0.2, 0) is 6.54 Å². The van der Waals surface area contributed by atoms with Gasteiger partial charge in [0.15, 0.2) is 0 Å². The van der Waals surface area contributed by atoms with Gasteiger partial charge in [-0.25, -0.2) is 4.39 Å². The maximum Gasteiger partial charge on any atom is 0.265 e. The van der Waals surface area contributed by atoms with E-state index in [9.17, 15) is 9.18 Å². The molecule has 0 spiro atoms. The van der Waals surface area contributed by atoms with Crippen LogP contribution in [0.1, 0.15) is 5.56 Å². The van der Waals surface area contributed by atoms with Gasteiger partial charge in [-0.2, -0.15) is 0 Å². The Morgan fingerprint density at radius 3 is 2.82 bits per heavy atom. The molecule has 1 aromatic carbocycles. The normalized spacial score (nSPS) is 10.5. The zero-order valence-electron chi connectivity index (χ0n) is 8.66. The van der Waals surface area contributed by atoms with Crippen LogP contribution in [0.4, 0.5) is 4.39 Å². The van der Waals surface area contributed by atoms with Gasteiger partial charge in [0.2, 0.25) is 0 Å². The first-order valence-electron chi connectivity index (χ1n) is 4.87. The van der Waals surface area contributed by atoms with E-state index in [0.717, 1.165) is 0 Å². The van der Waals surface area contributed by atoms with Crippen LogP contribution in [0.25, 0.3) is 0 Å². The molecule has 0 amide bonds. The Morgan fingerprint density at radius 1 is 1.29 bits per heavy atom. The maximum atomic E-state index is 13.2. The molecule has 0 fully saturated rings. The van der Waals surface area contributed by atoms with Crippen molar-refractivity contribution in [2.75, 3.05) is 0 Å². The van der Waals surface area contributed by atoms with Crippen molar-refractivity contribution in [2.45, 2.75) is 6.54 Å². The lowest BCUT2D eigenvalue weighted by atomic mass is 10.2. The molecule has 0 atom stereocenters. The maximum absolute atomic E-state index is 13.2. The van der Waals surface area contributed by atoms with Crippen molar-refractivity contribution in [2.24, 2.45) is 0 Å². The summed E-state index contributed by atoms with van der Waals surface area (Å²) < 4.78 is 15.2. The first kappa shape index (κ1) is 12.3. The third kappa shape index (κ3) is 2.58. The number of pyridine rings is 1. The van der Waals surface area contributed by atoms with Gasteiger partial charge in [0, 0.05) is 6.20 Å². The highest BCUT2D eigenvalue weighted by atomic mass is 79.9. The molecule has 0 unspecified atom stereocenters. The molecule has 0 saturated carbocycles. The van der Waals surface area contributed by atoms with Crippen LogP contribution in [-0.4, -0.2) is 4.57 Å². The highest BCUT2D eigenvalue weighted by Crippen LogP contribution is 2.20. The largest absolute Gasteiger partial charge is 0.310 e. The third-order valence-electron chi connectivity index (χ3n) is 2.35. The van der Waals surface area contributed by atoms with Gasteiger partial charge in [-0.1, -0.05) is 23.7 Å². The Balaban J connectivity index is 2.42. The fourth-order valence-electron chi connectivity index (χ4n) is 1.49. The SMILES string of the molecule is O=c1c(Br)cccn1Cc1cccc(F)c1Cl. The standard InChI is InChI=1S/C12H8BrClFNO/c13-9-4-2-6-16(12(9)17)7-8-3-1-5-10(15)11(8)14/h1-6H,7H2. The molecule has 2 nitrogen and oxygen atoms in total. The summed E-state index contributed by atoms with van der Waals surface area (Å²) in [6, 6.07) is 7.94. The number of nitrogens with zero attached hydrogens (tertiary/aromatic N) is 1. The predicted molar refractivity (Wildman–Crippen MR) is 68.9 cm³/mol. The van der Waals surface area contributed by atoms with Crippen molar-refractivity contribution >= 4 is 27.5 Å². The van der Waals surface area contributed by atoms with E-state index in [-0.39, 0.29) is 17.1 Å². The Bertz CT molecular complexity index is 612. The minimum Gasteiger partial charge on any atom is -0.310 e. The molecule has 0 aliphatic rings. The van der Waals surface area contributed by atoms with Gasteiger partial charge < -0.3 is 4.57 Å². The molecule has 17 heavy (non-hydrogen) atoms. The van der Waals surface area contributed by atoms with Crippen molar-refractivity contribution in [1.82, 2.24) is 4.57 Å². The van der Waals surface area contributed by atoms with E-state index in [1.54, 1.807) is 30.5 Å². The Labute approximate surface area is 111 Å². The van der Waals surface area contributed by atoms with E-state index >= 15 is 0 Å². The van der Waals surface area contributed by atoms with Crippen molar-refractivity contribution in [3.05, 3.63) is 67.8 Å². The number of hydrogen-bond donors (Lipinski definition) is 0. The lowest BCUT2D eigenvalue weighted by Gasteiger charge is -2.08. The lowest BCUT2D eigenvalue weighted by Crippen LogP contribution is -2.20. The summed E-state index contributed by atoms with van der Waals surface area (Å²) in [5, 5.41) is 0.0550. The van der Waals surface area contributed by atoms with Crippen LogP contribution in [0.5, 0.6) is 0 Å². The summed E-state index contributed by atoms with van der Waals surface area (Å²) in [6.07, 6.45) is 1.63.